The zero-order chi connectivity index (χ0) is 14.5. The maximum Gasteiger partial charge on any atom is 0.248 e. The lowest BCUT2D eigenvalue weighted by molar-refractivity contribution is 0.0886. The van der Waals surface area contributed by atoms with Crippen LogP contribution in [0.4, 0.5) is 0 Å². The van der Waals surface area contributed by atoms with Crippen molar-refractivity contribution in [3.63, 3.8) is 0 Å². The minimum Gasteiger partial charge on any atom is -0.273 e. The van der Waals surface area contributed by atoms with Crippen molar-refractivity contribution in [2.75, 3.05) is 0 Å². The number of para-hydroxylation sites is 1. The van der Waals surface area contributed by atoms with Gasteiger partial charge >= 0.3 is 0 Å². The molecule has 1 aromatic heterocycles. The molecule has 3 aromatic rings. The van der Waals surface area contributed by atoms with Crippen molar-refractivity contribution in [3.8, 4) is 0 Å². The molecule has 0 fully saturated rings. The van der Waals surface area contributed by atoms with E-state index in [1.807, 2.05) is 42.5 Å². The molecule has 0 atom stereocenters. The lowest BCUT2D eigenvalue weighted by Crippen LogP contribution is -2.12. The third-order valence-electron chi connectivity index (χ3n) is 3.54. The second-order valence-electron chi connectivity index (χ2n) is 5.08. The van der Waals surface area contributed by atoms with Crippen LogP contribution in [-0.2, 0) is 6.42 Å². The number of carbonyl (C=O) groups is 1. The molecule has 106 valence electrons. The average Bonchev–Trinajstić information content (AvgIpc) is 2.96. The molecule has 4 heteroatoms. The molecule has 1 heterocycles. The third kappa shape index (κ3) is 3.16. The van der Waals surface area contributed by atoms with Gasteiger partial charge in [0.2, 0.25) is 5.91 Å². The number of hydrogen-bond acceptors (Lipinski definition) is 3. The standard InChI is InChI=1S/C17H17N3O/c21-17(13-7-4-10-14-8-2-1-3-9-14)20-16-12-6-5-11-15(16)18-19-20/h1-3,5-6,8-9,11-12H,4,7,10,13H2. The minimum absolute atomic E-state index is 0.0109. The van der Waals surface area contributed by atoms with Crippen molar-refractivity contribution >= 4 is 16.9 Å². The number of carbonyl (C=O) groups excluding carboxylic acids is 1. The maximum absolute atomic E-state index is 12.2. The number of aryl methyl sites for hydroxylation is 1. The molecule has 21 heavy (non-hydrogen) atoms. The number of nitrogens with zero attached hydrogens (tertiary/aromatic N) is 3. The molecule has 2 aromatic carbocycles. The summed E-state index contributed by atoms with van der Waals surface area (Å²) in [6.07, 6.45) is 3.37. The maximum atomic E-state index is 12.2. The van der Waals surface area contributed by atoms with E-state index in [-0.39, 0.29) is 5.91 Å². The lowest BCUT2D eigenvalue weighted by Gasteiger charge is -2.02. The summed E-state index contributed by atoms with van der Waals surface area (Å²) in [4.78, 5) is 12.2. The summed E-state index contributed by atoms with van der Waals surface area (Å²) < 4.78 is 1.41. The number of unbranched alkanes of at least 4 members (excludes halogenated alkanes) is 1. The number of fused-ring (bicyclic) bond motifs is 1. The van der Waals surface area contributed by atoms with Crippen LogP contribution >= 0.6 is 0 Å². The molecule has 0 saturated carbocycles. The van der Waals surface area contributed by atoms with Gasteiger partial charge in [0.1, 0.15) is 5.52 Å². The van der Waals surface area contributed by atoms with Gasteiger partial charge in [-0.3, -0.25) is 4.79 Å². The minimum atomic E-state index is 0.0109. The van der Waals surface area contributed by atoms with Crippen LogP contribution in [0.1, 0.15) is 29.6 Å². The Hall–Kier alpha value is -2.49. The van der Waals surface area contributed by atoms with Gasteiger partial charge in [-0.15, -0.1) is 5.10 Å². The van der Waals surface area contributed by atoms with Gasteiger partial charge in [0.15, 0.2) is 0 Å². The molecule has 3 rings (SSSR count). The number of aromatic nitrogens is 3. The van der Waals surface area contributed by atoms with Crippen molar-refractivity contribution in [3.05, 3.63) is 60.2 Å². The van der Waals surface area contributed by atoms with Crippen LogP contribution in [-0.4, -0.2) is 20.9 Å². The van der Waals surface area contributed by atoms with E-state index in [0.717, 1.165) is 30.3 Å². The highest BCUT2D eigenvalue weighted by molar-refractivity contribution is 5.88. The van der Waals surface area contributed by atoms with E-state index < -0.39 is 0 Å². The molecule has 0 amide bonds. The van der Waals surface area contributed by atoms with Gasteiger partial charge in [0.25, 0.3) is 0 Å². The first-order valence-corrected chi connectivity index (χ1v) is 7.22. The van der Waals surface area contributed by atoms with Crippen molar-refractivity contribution in [2.45, 2.75) is 25.7 Å². The topological polar surface area (TPSA) is 47.8 Å². The Balaban J connectivity index is 1.55. The molecule has 4 nitrogen and oxygen atoms in total. The molecule has 0 aliphatic carbocycles. The van der Waals surface area contributed by atoms with E-state index in [2.05, 4.69) is 22.4 Å². The smallest absolute Gasteiger partial charge is 0.248 e. The van der Waals surface area contributed by atoms with Gasteiger partial charge in [-0.05, 0) is 37.0 Å². The summed E-state index contributed by atoms with van der Waals surface area (Å²) >= 11 is 0. The van der Waals surface area contributed by atoms with Crippen molar-refractivity contribution in [2.24, 2.45) is 0 Å². The molecule has 0 radical (unpaired) electrons. The van der Waals surface area contributed by atoms with E-state index in [4.69, 9.17) is 0 Å². The van der Waals surface area contributed by atoms with Gasteiger partial charge in [0, 0.05) is 6.42 Å². The van der Waals surface area contributed by atoms with Crippen LogP contribution in [0.25, 0.3) is 11.0 Å². The van der Waals surface area contributed by atoms with Crippen LogP contribution in [0.15, 0.2) is 54.6 Å². The molecule has 0 unspecified atom stereocenters. The number of benzene rings is 2. The van der Waals surface area contributed by atoms with Crippen molar-refractivity contribution in [1.29, 1.82) is 0 Å². The molecule has 0 saturated heterocycles. The van der Waals surface area contributed by atoms with E-state index >= 15 is 0 Å². The predicted molar refractivity (Wildman–Crippen MR) is 82.2 cm³/mol. The largest absolute Gasteiger partial charge is 0.273 e. The highest BCUT2D eigenvalue weighted by Crippen LogP contribution is 2.12. The summed E-state index contributed by atoms with van der Waals surface area (Å²) in [5.41, 5.74) is 2.86. The van der Waals surface area contributed by atoms with Crippen LogP contribution in [0.3, 0.4) is 0 Å². The Morgan fingerprint density at radius 3 is 2.57 bits per heavy atom. The first kappa shape index (κ1) is 13.5. The first-order valence-electron chi connectivity index (χ1n) is 7.22. The molecule has 0 bridgehead atoms. The normalized spacial score (nSPS) is 10.9. The fourth-order valence-corrected chi connectivity index (χ4v) is 2.41. The monoisotopic (exact) mass is 279 g/mol. The summed E-state index contributed by atoms with van der Waals surface area (Å²) in [6, 6.07) is 17.9. The summed E-state index contributed by atoms with van der Waals surface area (Å²) in [5, 5.41) is 7.96. The van der Waals surface area contributed by atoms with Crippen LogP contribution in [0, 0.1) is 0 Å². The van der Waals surface area contributed by atoms with Crippen LogP contribution in [0.5, 0.6) is 0 Å². The predicted octanol–water partition coefficient (Wildman–Crippen LogP) is 3.48. The van der Waals surface area contributed by atoms with Gasteiger partial charge < -0.3 is 0 Å². The Kier molecular flexibility index (Phi) is 4.05. The highest BCUT2D eigenvalue weighted by Gasteiger charge is 2.10. The zero-order valence-corrected chi connectivity index (χ0v) is 11.8. The summed E-state index contributed by atoms with van der Waals surface area (Å²) in [5.74, 6) is 0.0109. The van der Waals surface area contributed by atoms with Crippen molar-refractivity contribution in [1.82, 2.24) is 15.0 Å². The molecule has 0 aliphatic rings. The second-order valence-corrected chi connectivity index (χ2v) is 5.08. The Labute approximate surface area is 123 Å². The Morgan fingerprint density at radius 1 is 0.952 bits per heavy atom. The first-order chi connectivity index (χ1) is 10.3. The fraction of sp³-hybridized carbons (Fsp3) is 0.235. The van der Waals surface area contributed by atoms with E-state index in [0.29, 0.717) is 6.42 Å². The van der Waals surface area contributed by atoms with Crippen LogP contribution < -0.4 is 0 Å². The highest BCUT2D eigenvalue weighted by atomic mass is 16.2. The number of rotatable bonds is 5. The van der Waals surface area contributed by atoms with Crippen molar-refractivity contribution < 1.29 is 4.79 Å². The second kappa shape index (κ2) is 6.31. The average molecular weight is 279 g/mol. The van der Waals surface area contributed by atoms with E-state index in [9.17, 15) is 4.79 Å². The van der Waals surface area contributed by atoms with Gasteiger partial charge in [-0.1, -0.05) is 47.7 Å². The van der Waals surface area contributed by atoms with Gasteiger partial charge in [-0.2, -0.15) is 4.68 Å². The Bertz CT molecular complexity index is 734. The fourth-order valence-electron chi connectivity index (χ4n) is 2.41. The summed E-state index contributed by atoms with van der Waals surface area (Å²) in [6.45, 7) is 0. The third-order valence-corrected chi connectivity index (χ3v) is 3.54. The SMILES string of the molecule is O=C(CCCCc1ccccc1)n1nnc2ccccc21. The number of hydrogen-bond donors (Lipinski definition) is 0. The molecular weight excluding hydrogens is 262 g/mol. The van der Waals surface area contributed by atoms with Gasteiger partial charge in [-0.25, -0.2) is 0 Å². The van der Waals surface area contributed by atoms with E-state index in [1.54, 1.807) is 0 Å². The zero-order valence-electron chi connectivity index (χ0n) is 11.8. The molecule has 0 N–H and O–H groups in total. The molecule has 0 aliphatic heterocycles. The summed E-state index contributed by atoms with van der Waals surface area (Å²) in [7, 11) is 0. The quantitative estimate of drug-likeness (QED) is 0.672. The molecular formula is C17H17N3O. The van der Waals surface area contributed by atoms with E-state index in [1.165, 1.54) is 10.2 Å². The molecule has 0 spiro atoms. The van der Waals surface area contributed by atoms with Crippen LogP contribution in [0.2, 0.25) is 0 Å². The lowest BCUT2D eigenvalue weighted by atomic mass is 10.1. The van der Waals surface area contributed by atoms with Gasteiger partial charge in [0.05, 0.1) is 5.52 Å². The Morgan fingerprint density at radius 2 is 1.71 bits per heavy atom.